The SMILES string of the molecule is O=C(O)[C@H]1CCS(=O)(=O)C[C@H]1F. The van der Waals surface area contributed by atoms with Gasteiger partial charge < -0.3 is 5.11 Å². The zero-order valence-electron chi connectivity index (χ0n) is 6.23. The quantitative estimate of drug-likeness (QED) is 0.632. The number of carboxylic acid groups (broad SMARTS) is 1. The second-order valence-corrected chi connectivity index (χ2v) is 5.09. The van der Waals surface area contributed by atoms with Gasteiger partial charge in [-0.2, -0.15) is 0 Å². The number of rotatable bonds is 1. The summed E-state index contributed by atoms with van der Waals surface area (Å²) in [7, 11) is -3.34. The minimum Gasteiger partial charge on any atom is -0.481 e. The fourth-order valence-electron chi connectivity index (χ4n) is 1.21. The topological polar surface area (TPSA) is 71.4 Å². The third kappa shape index (κ3) is 1.94. The molecule has 12 heavy (non-hydrogen) atoms. The lowest BCUT2D eigenvalue weighted by Crippen LogP contribution is -2.38. The summed E-state index contributed by atoms with van der Waals surface area (Å²) in [5.74, 6) is -3.26. The molecule has 1 aliphatic heterocycles. The van der Waals surface area contributed by atoms with E-state index in [1.54, 1.807) is 0 Å². The van der Waals surface area contributed by atoms with Crippen LogP contribution in [-0.2, 0) is 14.6 Å². The van der Waals surface area contributed by atoms with Crippen LogP contribution >= 0.6 is 0 Å². The lowest BCUT2D eigenvalue weighted by molar-refractivity contribution is -0.143. The van der Waals surface area contributed by atoms with Crippen molar-refractivity contribution in [2.75, 3.05) is 11.5 Å². The number of halogens is 1. The first-order chi connectivity index (χ1) is 5.42. The molecule has 4 nitrogen and oxygen atoms in total. The minimum atomic E-state index is -3.34. The Bertz CT molecular complexity index is 284. The Labute approximate surface area is 69.3 Å². The molecule has 0 aliphatic carbocycles. The molecule has 0 aromatic carbocycles. The maximum Gasteiger partial charge on any atom is 0.309 e. The Kier molecular flexibility index (Phi) is 2.36. The highest BCUT2D eigenvalue weighted by Crippen LogP contribution is 2.22. The van der Waals surface area contributed by atoms with Crippen molar-refractivity contribution in [3.05, 3.63) is 0 Å². The van der Waals surface area contributed by atoms with Crippen LogP contribution in [0.4, 0.5) is 4.39 Å². The molecule has 2 atom stereocenters. The number of hydrogen-bond donors (Lipinski definition) is 1. The molecule has 0 amide bonds. The second kappa shape index (κ2) is 3.01. The molecule has 1 rings (SSSR count). The molecule has 70 valence electrons. The first-order valence-corrected chi connectivity index (χ1v) is 5.32. The van der Waals surface area contributed by atoms with Gasteiger partial charge in [0.2, 0.25) is 0 Å². The van der Waals surface area contributed by atoms with E-state index < -0.39 is 33.6 Å². The van der Waals surface area contributed by atoms with Gasteiger partial charge in [-0.3, -0.25) is 4.79 Å². The van der Waals surface area contributed by atoms with Crippen LogP contribution in [0, 0.1) is 5.92 Å². The Morgan fingerprint density at radius 1 is 1.50 bits per heavy atom. The summed E-state index contributed by atoms with van der Waals surface area (Å²) in [6.07, 6.45) is -1.86. The van der Waals surface area contributed by atoms with E-state index in [0.29, 0.717) is 0 Å². The third-order valence-electron chi connectivity index (χ3n) is 1.91. The van der Waals surface area contributed by atoms with Gasteiger partial charge in [-0.1, -0.05) is 0 Å². The highest BCUT2D eigenvalue weighted by molar-refractivity contribution is 7.91. The van der Waals surface area contributed by atoms with Crippen LogP contribution in [0.1, 0.15) is 6.42 Å². The molecule has 1 aliphatic rings. The normalized spacial score (nSPS) is 34.4. The second-order valence-electron chi connectivity index (χ2n) is 2.86. The molecule has 6 heteroatoms. The van der Waals surface area contributed by atoms with Gasteiger partial charge in [-0.25, -0.2) is 12.8 Å². The van der Waals surface area contributed by atoms with Gasteiger partial charge in [-0.05, 0) is 6.42 Å². The van der Waals surface area contributed by atoms with Crippen molar-refractivity contribution in [2.45, 2.75) is 12.6 Å². The predicted octanol–water partition coefficient (Wildman–Crippen LogP) is -0.156. The van der Waals surface area contributed by atoms with E-state index >= 15 is 0 Å². The minimum absolute atomic E-state index is 0.112. The van der Waals surface area contributed by atoms with E-state index in [2.05, 4.69) is 0 Å². The maximum atomic E-state index is 12.8. The first-order valence-electron chi connectivity index (χ1n) is 3.50. The number of hydrogen-bond acceptors (Lipinski definition) is 3. The summed E-state index contributed by atoms with van der Waals surface area (Å²) in [6.45, 7) is 0. The molecule has 0 aromatic rings. The van der Waals surface area contributed by atoms with E-state index in [-0.39, 0.29) is 12.2 Å². The van der Waals surface area contributed by atoms with Crippen LogP contribution in [0.3, 0.4) is 0 Å². The molecule has 0 radical (unpaired) electrons. The van der Waals surface area contributed by atoms with Gasteiger partial charge in [0.05, 0.1) is 17.4 Å². The summed E-state index contributed by atoms with van der Waals surface area (Å²) in [6, 6.07) is 0. The Balaban J connectivity index is 2.72. The van der Waals surface area contributed by atoms with Gasteiger partial charge in [-0.15, -0.1) is 0 Å². The molecular formula is C6H9FO4S. The van der Waals surface area contributed by atoms with E-state index in [0.717, 1.165) is 0 Å². The van der Waals surface area contributed by atoms with Crippen LogP contribution in [0.5, 0.6) is 0 Å². The van der Waals surface area contributed by atoms with E-state index in [4.69, 9.17) is 5.11 Å². The number of aliphatic carboxylic acids is 1. The van der Waals surface area contributed by atoms with Gasteiger partial charge in [0.25, 0.3) is 0 Å². The summed E-state index contributed by atoms with van der Waals surface area (Å²) in [5.41, 5.74) is 0. The van der Waals surface area contributed by atoms with Crippen molar-refractivity contribution in [3.63, 3.8) is 0 Å². The smallest absolute Gasteiger partial charge is 0.309 e. The molecule has 0 bridgehead atoms. The monoisotopic (exact) mass is 196 g/mol. The largest absolute Gasteiger partial charge is 0.481 e. The summed E-state index contributed by atoms with van der Waals surface area (Å²) >= 11 is 0. The van der Waals surface area contributed by atoms with E-state index in [1.165, 1.54) is 0 Å². The van der Waals surface area contributed by atoms with Crippen LogP contribution in [0.15, 0.2) is 0 Å². The molecule has 0 unspecified atom stereocenters. The van der Waals surface area contributed by atoms with Crippen molar-refractivity contribution in [3.8, 4) is 0 Å². The van der Waals surface area contributed by atoms with Crippen molar-refractivity contribution in [1.82, 2.24) is 0 Å². The predicted molar refractivity (Wildman–Crippen MR) is 39.3 cm³/mol. The van der Waals surface area contributed by atoms with Crippen molar-refractivity contribution in [1.29, 1.82) is 0 Å². The molecule has 0 aromatic heterocycles. The molecular weight excluding hydrogens is 187 g/mol. The van der Waals surface area contributed by atoms with E-state index in [9.17, 15) is 17.6 Å². The zero-order chi connectivity index (χ0) is 9.35. The van der Waals surface area contributed by atoms with Crippen LogP contribution in [0.25, 0.3) is 0 Å². The highest BCUT2D eigenvalue weighted by Gasteiger charge is 2.37. The average molecular weight is 196 g/mol. The Hall–Kier alpha value is -0.650. The van der Waals surface area contributed by atoms with Crippen molar-refractivity contribution in [2.24, 2.45) is 5.92 Å². The highest BCUT2D eigenvalue weighted by atomic mass is 32.2. The van der Waals surface area contributed by atoms with Gasteiger partial charge in [0.1, 0.15) is 6.17 Å². The lowest BCUT2D eigenvalue weighted by atomic mass is 10.0. The number of carboxylic acids is 1. The van der Waals surface area contributed by atoms with E-state index in [1.807, 2.05) is 0 Å². The van der Waals surface area contributed by atoms with Crippen LogP contribution in [-0.4, -0.2) is 37.2 Å². The van der Waals surface area contributed by atoms with Crippen LogP contribution in [0.2, 0.25) is 0 Å². The fourth-order valence-corrected chi connectivity index (χ4v) is 2.70. The van der Waals surface area contributed by atoms with Crippen LogP contribution < -0.4 is 0 Å². The first kappa shape index (κ1) is 9.44. The molecule has 1 saturated heterocycles. The molecule has 1 heterocycles. The Morgan fingerprint density at radius 2 is 2.08 bits per heavy atom. The average Bonchev–Trinajstić information content (AvgIpc) is 1.83. The molecule has 1 N–H and O–H groups in total. The van der Waals surface area contributed by atoms with Gasteiger partial charge in [0.15, 0.2) is 9.84 Å². The number of sulfone groups is 1. The summed E-state index contributed by atoms with van der Waals surface area (Å²) in [4.78, 5) is 10.3. The molecule has 0 spiro atoms. The van der Waals surface area contributed by atoms with Crippen molar-refractivity contribution < 1.29 is 22.7 Å². The Morgan fingerprint density at radius 3 is 2.50 bits per heavy atom. The summed E-state index contributed by atoms with van der Waals surface area (Å²) < 4.78 is 34.4. The van der Waals surface area contributed by atoms with Gasteiger partial charge >= 0.3 is 5.97 Å². The molecule has 0 saturated carbocycles. The third-order valence-corrected chi connectivity index (χ3v) is 3.59. The lowest BCUT2D eigenvalue weighted by Gasteiger charge is -2.21. The zero-order valence-corrected chi connectivity index (χ0v) is 7.05. The number of alkyl halides is 1. The molecule has 1 fully saturated rings. The van der Waals surface area contributed by atoms with Crippen molar-refractivity contribution >= 4 is 15.8 Å². The standard InChI is InChI=1S/C6H9FO4S/c7-5-3-12(10,11)2-1-4(5)6(8)9/h4-5H,1-3H2,(H,8,9)/t4-,5+/m0/s1. The number of carbonyl (C=O) groups is 1. The maximum absolute atomic E-state index is 12.8. The van der Waals surface area contributed by atoms with Gasteiger partial charge in [0, 0.05) is 0 Å². The fraction of sp³-hybridized carbons (Fsp3) is 0.833. The summed E-state index contributed by atoms with van der Waals surface area (Å²) in [5, 5.41) is 8.44.